The van der Waals surface area contributed by atoms with Crippen molar-refractivity contribution >= 4 is 12.1 Å². The van der Waals surface area contributed by atoms with Crippen molar-refractivity contribution in [1.82, 2.24) is 5.32 Å². The third kappa shape index (κ3) is 9.12. The van der Waals surface area contributed by atoms with E-state index in [1.54, 1.807) is 6.92 Å². The van der Waals surface area contributed by atoms with Gasteiger partial charge in [0.15, 0.2) is 5.79 Å². The molecule has 13 nitrogen and oxygen atoms in total. The second-order valence-corrected chi connectivity index (χ2v) is 18.9. The Morgan fingerprint density at radius 3 is 2.40 bits per heavy atom. The van der Waals surface area contributed by atoms with E-state index in [4.69, 9.17) is 33.2 Å². The molecule has 0 bridgehead atoms. The number of methoxy groups -OCH3 is 1. The average Bonchev–Trinajstić information content (AvgIpc) is 3.91. The van der Waals surface area contributed by atoms with Gasteiger partial charge in [-0.05, 0) is 76.2 Å². The van der Waals surface area contributed by atoms with Gasteiger partial charge in [0.1, 0.15) is 6.61 Å². The van der Waals surface area contributed by atoms with Crippen molar-refractivity contribution in [3.63, 3.8) is 0 Å². The molecule has 328 valence electrons. The van der Waals surface area contributed by atoms with Crippen LogP contribution in [0.15, 0.2) is 30.3 Å². The summed E-state index contributed by atoms with van der Waals surface area (Å²) in [6.07, 6.45) is 2.52. The van der Waals surface area contributed by atoms with Gasteiger partial charge in [-0.3, -0.25) is 4.79 Å². The average molecular weight is 818 g/mol. The second kappa shape index (κ2) is 17.9. The summed E-state index contributed by atoms with van der Waals surface area (Å²) in [5.41, 5.74) is -0.121. The molecule has 0 aliphatic carbocycles. The van der Waals surface area contributed by atoms with Gasteiger partial charge in [0, 0.05) is 44.2 Å². The van der Waals surface area contributed by atoms with E-state index in [-0.39, 0.29) is 54.5 Å². The third-order valence-corrected chi connectivity index (χ3v) is 14.8. The fourth-order valence-corrected chi connectivity index (χ4v) is 11.1. The number of rotatable bonds is 14. The molecule has 1 aromatic rings. The number of aliphatic hydroxyl groups excluding tert-OH is 1. The van der Waals surface area contributed by atoms with E-state index in [0.29, 0.717) is 38.6 Å². The number of nitrogens with one attached hydrogen (secondary N) is 1. The fourth-order valence-electron chi connectivity index (χ4n) is 11.1. The molecule has 0 unspecified atom stereocenters. The van der Waals surface area contributed by atoms with E-state index in [1.807, 2.05) is 51.1 Å². The molecule has 0 radical (unpaired) electrons. The normalized spacial score (nSPS) is 43.2. The van der Waals surface area contributed by atoms with Gasteiger partial charge < -0.3 is 53.8 Å². The minimum Gasteiger partial charge on any atom is -0.481 e. The number of amides is 1. The molecule has 5 fully saturated rings. The third-order valence-electron chi connectivity index (χ3n) is 14.8. The number of aliphatic hydroxyl groups is 2. The lowest BCUT2D eigenvalue weighted by atomic mass is 9.78. The summed E-state index contributed by atoms with van der Waals surface area (Å²) in [4.78, 5) is 24.5. The first-order valence-electron chi connectivity index (χ1n) is 21.9. The smallest absolute Gasteiger partial charge is 0.407 e. The first kappa shape index (κ1) is 45.2. The van der Waals surface area contributed by atoms with Crippen LogP contribution < -0.4 is 5.32 Å². The van der Waals surface area contributed by atoms with Crippen LogP contribution in [0, 0.1) is 35.5 Å². The Morgan fingerprint density at radius 1 is 1.00 bits per heavy atom. The Balaban J connectivity index is 1.08. The number of benzene rings is 1. The molecule has 5 aliphatic rings. The highest BCUT2D eigenvalue weighted by molar-refractivity contribution is 5.70. The van der Waals surface area contributed by atoms with E-state index >= 15 is 0 Å². The van der Waals surface area contributed by atoms with Crippen molar-refractivity contribution in [3.8, 4) is 0 Å². The number of carbonyl (C=O) groups is 2. The molecule has 5 aliphatic heterocycles. The monoisotopic (exact) mass is 817 g/mol. The van der Waals surface area contributed by atoms with Crippen LogP contribution in [0.25, 0.3) is 0 Å². The molecule has 5 heterocycles. The van der Waals surface area contributed by atoms with Crippen LogP contribution in [0.3, 0.4) is 0 Å². The van der Waals surface area contributed by atoms with Gasteiger partial charge in [-0.2, -0.15) is 0 Å². The Labute approximate surface area is 345 Å². The maximum Gasteiger partial charge on any atom is 0.407 e. The zero-order valence-electron chi connectivity index (χ0n) is 36.2. The summed E-state index contributed by atoms with van der Waals surface area (Å²) >= 11 is 0. The highest BCUT2D eigenvalue weighted by Crippen LogP contribution is 2.55. The van der Waals surface area contributed by atoms with E-state index < -0.39 is 65.2 Å². The van der Waals surface area contributed by atoms with Crippen LogP contribution in [0.5, 0.6) is 0 Å². The maximum absolute atomic E-state index is 12.6. The van der Waals surface area contributed by atoms with Gasteiger partial charge in [-0.15, -0.1) is 0 Å². The number of ether oxygens (including phenoxy) is 7. The van der Waals surface area contributed by atoms with Gasteiger partial charge in [0.25, 0.3) is 0 Å². The van der Waals surface area contributed by atoms with Crippen LogP contribution in [0.4, 0.5) is 4.79 Å². The summed E-state index contributed by atoms with van der Waals surface area (Å²) in [6.45, 7) is 16.1. The number of aliphatic carboxylic acids is 1. The van der Waals surface area contributed by atoms with Crippen molar-refractivity contribution in [3.05, 3.63) is 35.9 Å². The minimum absolute atomic E-state index is 0.106. The second-order valence-electron chi connectivity index (χ2n) is 18.9. The van der Waals surface area contributed by atoms with Gasteiger partial charge in [-0.25, -0.2) is 4.79 Å². The number of carboxylic acids is 1. The number of carbonyl (C=O) groups excluding carboxylic acids is 1. The number of carboxylic acid groups (broad SMARTS) is 1. The van der Waals surface area contributed by atoms with Crippen LogP contribution in [-0.4, -0.2) is 113 Å². The number of alkyl carbamates (subject to hydrolysis) is 1. The van der Waals surface area contributed by atoms with Crippen molar-refractivity contribution in [2.24, 2.45) is 35.5 Å². The summed E-state index contributed by atoms with van der Waals surface area (Å²) in [6, 6.07) is 9.89. The maximum atomic E-state index is 12.6. The first-order valence-corrected chi connectivity index (χ1v) is 21.9. The van der Waals surface area contributed by atoms with E-state index in [9.17, 15) is 24.9 Å². The highest BCUT2D eigenvalue weighted by atomic mass is 16.7. The largest absolute Gasteiger partial charge is 0.481 e. The van der Waals surface area contributed by atoms with E-state index in [0.717, 1.165) is 31.2 Å². The van der Waals surface area contributed by atoms with Crippen LogP contribution >= 0.6 is 0 Å². The SMILES string of the molecule is CC[C@@]1([C@@H]2O[C@@H]([C@H]3O[C@@](O)(COC(=O)NCCc4ccccc4)[C@H](C)C[C@@H]3C)C[C@@H]2C)CC[C@H]([C@]2(C)CC[C@]3(C[C@H](O)[C@@H](C)[C@@H]([C@@H](C)[C@@H](OC)[C@@H](C)C(=O)O)O3)O2)O1. The molecule has 0 aromatic heterocycles. The molecule has 1 spiro atoms. The first-order chi connectivity index (χ1) is 27.4. The Hall–Kier alpha value is -2.36. The molecule has 6 rings (SSSR count). The lowest BCUT2D eigenvalue weighted by Gasteiger charge is -2.49. The summed E-state index contributed by atoms with van der Waals surface area (Å²) in [5, 5.41) is 35.7. The molecular weight excluding hydrogens is 746 g/mol. The molecule has 0 saturated carbocycles. The topological polar surface area (TPSA) is 171 Å². The standard InChI is InChI=1S/C45H71NO12/c1-10-43(18-16-35(55-43)42(8)19-20-44(58-42)24-33(47)29(5)38(56-44)30(6)37(52-9)31(7)40(48)49)39-27(3)23-34(54-39)36-26(2)22-28(4)45(51,57-36)25-53-41(50)46-21-17-32-14-12-11-13-15-32/h11-15,26-31,33-39,47,51H,10,16-25H2,1-9H3,(H,46,50)(H,48,49)/t26-,27-,28+,29+,30-,31+,33-,34+,35+,36-,37+,38-,39+,42-,43-,44+,45-/m0/s1. The van der Waals surface area contributed by atoms with Crippen molar-refractivity contribution in [2.45, 2.75) is 179 Å². The Morgan fingerprint density at radius 2 is 1.72 bits per heavy atom. The van der Waals surface area contributed by atoms with E-state index in [1.165, 1.54) is 7.11 Å². The number of hydrogen-bond acceptors (Lipinski definition) is 11. The van der Waals surface area contributed by atoms with E-state index in [2.05, 4.69) is 33.0 Å². The molecule has 13 heteroatoms. The molecule has 1 amide bonds. The molecular formula is C45H71NO12. The van der Waals surface area contributed by atoms with Gasteiger partial charge >= 0.3 is 12.1 Å². The van der Waals surface area contributed by atoms with Crippen molar-refractivity contribution < 1.29 is 58.1 Å². The van der Waals surface area contributed by atoms with Crippen LogP contribution in [0.1, 0.15) is 112 Å². The highest BCUT2D eigenvalue weighted by Gasteiger charge is 2.62. The number of hydrogen-bond donors (Lipinski definition) is 4. The summed E-state index contributed by atoms with van der Waals surface area (Å²) in [5.74, 6) is -4.91. The molecule has 1 aromatic carbocycles. The van der Waals surface area contributed by atoms with Gasteiger partial charge in [0.2, 0.25) is 5.79 Å². The van der Waals surface area contributed by atoms with Gasteiger partial charge in [0.05, 0.1) is 59.8 Å². The minimum atomic E-state index is -1.65. The Kier molecular flexibility index (Phi) is 14.0. The molecule has 5 saturated heterocycles. The summed E-state index contributed by atoms with van der Waals surface area (Å²) < 4.78 is 45.6. The zero-order valence-corrected chi connectivity index (χ0v) is 36.2. The van der Waals surface area contributed by atoms with Crippen molar-refractivity contribution in [2.75, 3.05) is 20.3 Å². The quantitative estimate of drug-likeness (QED) is 0.167. The van der Waals surface area contributed by atoms with Crippen LogP contribution in [0.2, 0.25) is 0 Å². The van der Waals surface area contributed by atoms with Crippen LogP contribution in [-0.2, 0) is 44.4 Å². The van der Waals surface area contributed by atoms with Gasteiger partial charge in [-0.1, -0.05) is 71.9 Å². The lowest BCUT2D eigenvalue weighted by molar-refractivity contribution is -0.336. The predicted octanol–water partition coefficient (Wildman–Crippen LogP) is 6.25. The Bertz CT molecular complexity index is 1550. The lowest BCUT2D eigenvalue weighted by Crippen LogP contribution is -2.57. The molecule has 58 heavy (non-hydrogen) atoms. The van der Waals surface area contributed by atoms with Crippen molar-refractivity contribution in [1.29, 1.82) is 0 Å². The molecule has 4 N–H and O–H groups in total. The molecule has 17 atom stereocenters. The summed E-state index contributed by atoms with van der Waals surface area (Å²) in [7, 11) is 1.52. The predicted molar refractivity (Wildman–Crippen MR) is 215 cm³/mol. The zero-order chi connectivity index (χ0) is 42.2. The fraction of sp³-hybridized carbons (Fsp3) is 0.822.